The van der Waals surface area contributed by atoms with Crippen molar-refractivity contribution in [3.8, 4) is 0 Å². The molecule has 1 amide bonds. The van der Waals surface area contributed by atoms with Crippen LogP contribution in [0.2, 0.25) is 5.02 Å². The first kappa shape index (κ1) is 22.3. The van der Waals surface area contributed by atoms with E-state index in [0.29, 0.717) is 13.1 Å². The summed E-state index contributed by atoms with van der Waals surface area (Å²) in [7, 11) is -3.63. The molecule has 7 heteroatoms. The molecule has 1 saturated heterocycles. The molecule has 5 nitrogen and oxygen atoms in total. The fraction of sp³-hybridized carbons (Fsp3) is 0.458. The third-order valence-electron chi connectivity index (χ3n) is 6.36. The molecule has 0 radical (unpaired) electrons. The smallest absolute Gasteiger partial charge is 0.253 e. The minimum absolute atomic E-state index is 0.116. The zero-order chi connectivity index (χ0) is 22.0. The molecule has 166 valence electrons. The second kappa shape index (κ2) is 9.31. The number of nitrogens with zero attached hydrogens (tertiary/aromatic N) is 1. The van der Waals surface area contributed by atoms with Crippen molar-refractivity contribution < 1.29 is 13.2 Å². The molecule has 1 atom stereocenters. The van der Waals surface area contributed by atoms with Crippen LogP contribution >= 0.6 is 11.6 Å². The van der Waals surface area contributed by atoms with E-state index in [1.54, 1.807) is 0 Å². The zero-order valence-electron chi connectivity index (χ0n) is 17.9. The number of amides is 1. The first-order valence-corrected chi connectivity index (χ1v) is 12.9. The summed E-state index contributed by atoms with van der Waals surface area (Å²) in [6, 6.07) is 10.6. The predicted molar refractivity (Wildman–Crippen MR) is 123 cm³/mol. The predicted octanol–water partition coefficient (Wildman–Crippen LogP) is 4.88. The van der Waals surface area contributed by atoms with E-state index >= 15 is 0 Å². The molecule has 2 aromatic carbocycles. The molecule has 0 unspecified atom stereocenters. The maximum Gasteiger partial charge on any atom is 0.253 e. The third kappa shape index (κ3) is 4.81. The monoisotopic (exact) mass is 460 g/mol. The number of rotatable bonds is 5. The van der Waals surface area contributed by atoms with E-state index in [9.17, 15) is 13.2 Å². The van der Waals surface area contributed by atoms with Crippen molar-refractivity contribution in [1.82, 2.24) is 9.62 Å². The zero-order valence-corrected chi connectivity index (χ0v) is 19.4. The van der Waals surface area contributed by atoms with Crippen LogP contribution in [0, 0.1) is 0 Å². The third-order valence-corrected chi connectivity index (χ3v) is 8.58. The van der Waals surface area contributed by atoms with Gasteiger partial charge in [0.2, 0.25) is 10.0 Å². The van der Waals surface area contributed by atoms with E-state index in [1.807, 2.05) is 6.92 Å². The number of carbonyl (C=O) groups excluding carboxylic acids is 1. The summed E-state index contributed by atoms with van der Waals surface area (Å²) in [5.74, 6) is -0.370. The van der Waals surface area contributed by atoms with Crippen LogP contribution in [0.1, 0.15) is 72.1 Å². The van der Waals surface area contributed by atoms with E-state index in [2.05, 4.69) is 23.5 Å². The van der Waals surface area contributed by atoms with Crippen LogP contribution in [0.5, 0.6) is 0 Å². The van der Waals surface area contributed by atoms with Gasteiger partial charge in [-0.25, -0.2) is 8.42 Å². The molecular formula is C24H29ClN2O3S. The quantitative estimate of drug-likeness (QED) is 0.691. The number of aryl methyl sites for hydroxylation is 2. The van der Waals surface area contributed by atoms with E-state index in [-0.39, 0.29) is 27.4 Å². The SMILES string of the molecule is C[C@H](NC(=O)c1cc(S(=O)(=O)N2CCCCC2)ccc1Cl)c1ccc2c(c1)CCCC2. The van der Waals surface area contributed by atoms with Gasteiger partial charge < -0.3 is 5.32 Å². The number of benzene rings is 2. The van der Waals surface area contributed by atoms with Crippen LogP contribution in [-0.2, 0) is 22.9 Å². The summed E-state index contributed by atoms with van der Waals surface area (Å²) < 4.78 is 27.5. The van der Waals surface area contributed by atoms with Crippen molar-refractivity contribution in [1.29, 1.82) is 0 Å². The Morgan fingerprint density at radius 3 is 2.42 bits per heavy atom. The number of halogens is 1. The molecule has 0 bridgehead atoms. The molecule has 31 heavy (non-hydrogen) atoms. The number of fused-ring (bicyclic) bond motifs is 1. The molecule has 1 aliphatic carbocycles. The van der Waals surface area contributed by atoms with Gasteiger partial charge in [0.05, 0.1) is 21.5 Å². The van der Waals surface area contributed by atoms with Gasteiger partial charge in [-0.1, -0.05) is 36.2 Å². The number of nitrogens with one attached hydrogen (secondary N) is 1. The average molecular weight is 461 g/mol. The Morgan fingerprint density at radius 1 is 0.968 bits per heavy atom. The normalized spacial score (nSPS) is 18.3. The lowest BCUT2D eigenvalue weighted by atomic mass is 9.89. The van der Waals surface area contributed by atoms with Gasteiger partial charge in [0.15, 0.2) is 0 Å². The molecule has 0 saturated carbocycles. The van der Waals surface area contributed by atoms with E-state index in [1.165, 1.54) is 46.5 Å². The second-order valence-electron chi connectivity index (χ2n) is 8.54. The highest BCUT2D eigenvalue weighted by Crippen LogP contribution is 2.27. The minimum Gasteiger partial charge on any atom is -0.345 e. The van der Waals surface area contributed by atoms with Gasteiger partial charge in [-0.2, -0.15) is 4.31 Å². The van der Waals surface area contributed by atoms with Gasteiger partial charge in [0.1, 0.15) is 0 Å². The molecule has 2 aromatic rings. The first-order chi connectivity index (χ1) is 14.9. The number of piperidine rings is 1. The summed E-state index contributed by atoms with van der Waals surface area (Å²) >= 11 is 6.28. The van der Waals surface area contributed by atoms with Crippen molar-refractivity contribution in [2.45, 2.75) is 62.8 Å². The molecule has 4 rings (SSSR count). The van der Waals surface area contributed by atoms with Crippen molar-refractivity contribution in [3.05, 3.63) is 63.7 Å². The second-order valence-corrected chi connectivity index (χ2v) is 10.9. The van der Waals surface area contributed by atoms with Gasteiger partial charge in [-0.05, 0) is 80.3 Å². The molecule has 1 N–H and O–H groups in total. The number of sulfonamides is 1. The van der Waals surface area contributed by atoms with E-state index in [4.69, 9.17) is 11.6 Å². The Kier molecular flexibility index (Phi) is 6.70. The fourth-order valence-electron chi connectivity index (χ4n) is 4.47. The van der Waals surface area contributed by atoms with Crippen LogP contribution in [0.4, 0.5) is 0 Å². The Labute approximate surface area is 189 Å². The van der Waals surface area contributed by atoms with Crippen LogP contribution in [0.15, 0.2) is 41.3 Å². The summed E-state index contributed by atoms with van der Waals surface area (Å²) in [5, 5.41) is 3.23. The highest BCUT2D eigenvalue weighted by molar-refractivity contribution is 7.89. The van der Waals surface area contributed by atoms with E-state index in [0.717, 1.165) is 37.7 Å². The van der Waals surface area contributed by atoms with Crippen LogP contribution < -0.4 is 5.32 Å². The van der Waals surface area contributed by atoms with Crippen molar-refractivity contribution >= 4 is 27.5 Å². The summed E-state index contributed by atoms with van der Waals surface area (Å²) in [6.07, 6.45) is 7.38. The topological polar surface area (TPSA) is 66.5 Å². The van der Waals surface area contributed by atoms with E-state index < -0.39 is 10.0 Å². The molecule has 1 aliphatic heterocycles. The lowest BCUT2D eigenvalue weighted by Crippen LogP contribution is -2.35. The van der Waals surface area contributed by atoms with Crippen molar-refractivity contribution in [2.75, 3.05) is 13.1 Å². The summed E-state index contributed by atoms with van der Waals surface area (Å²) in [6.45, 7) is 2.97. The van der Waals surface area contributed by atoms with Crippen LogP contribution in [-0.4, -0.2) is 31.7 Å². The number of hydrogen-bond donors (Lipinski definition) is 1. The number of hydrogen-bond acceptors (Lipinski definition) is 3. The minimum atomic E-state index is -3.63. The largest absolute Gasteiger partial charge is 0.345 e. The lowest BCUT2D eigenvalue weighted by molar-refractivity contribution is 0.0940. The van der Waals surface area contributed by atoms with Crippen LogP contribution in [0.25, 0.3) is 0 Å². The highest BCUT2D eigenvalue weighted by atomic mass is 35.5. The Hall–Kier alpha value is -1.89. The average Bonchev–Trinajstić information content (AvgIpc) is 2.79. The number of carbonyl (C=O) groups is 1. The Morgan fingerprint density at radius 2 is 1.68 bits per heavy atom. The summed E-state index contributed by atoms with van der Waals surface area (Å²) in [4.78, 5) is 13.1. The van der Waals surface area contributed by atoms with Gasteiger partial charge in [0.25, 0.3) is 5.91 Å². The standard InChI is InChI=1S/C24H29ClN2O3S/c1-17(19-10-9-18-7-3-4-8-20(18)15-19)26-24(28)22-16-21(11-12-23(22)25)31(29,30)27-13-5-2-6-14-27/h9-12,15-17H,2-8,13-14H2,1H3,(H,26,28)/t17-/m0/s1. The maximum absolute atomic E-state index is 13.0. The molecule has 0 spiro atoms. The first-order valence-electron chi connectivity index (χ1n) is 11.1. The lowest BCUT2D eigenvalue weighted by Gasteiger charge is -2.26. The van der Waals surface area contributed by atoms with Gasteiger partial charge in [-0.3, -0.25) is 4.79 Å². The molecule has 0 aromatic heterocycles. The highest BCUT2D eigenvalue weighted by Gasteiger charge is 2.27. The van der Waals surface area contributed by atoms with Gasteiger partial charge >= 0.3 is 0 Å². The van der Waals surface area contributed by atoms with Gasteiger partial charge in [-0.15, -0.1) is 0 Å². The molecule has 1 heterocycles. The van der Waals surface area contributed by atoms with Crippen molar-refractivity contribution in [2.24, 2.45) is 0 Å². The molecular weight excluding hydrogens is 432 g/mol. The van der Waals surface area contributed by atoms with Crippen LogP contribution in [0.3, 0.4) is 0 Å². The molecule has 1 fully saturated rings. The Bertz CT molecular complexity index is 1080. The Balaban J connectivity index is 1.53. The molecule has 2 aliphatic rings. The van der Waals surface area contributed by atoms with Gasteiger partial charge in [0, 0.05) is 13.1 Å². The van der Waals surface area contributed by atoms with Crippen molar-refractivity contribution in [3.63, 3.8) is 0 Å². The summed E-state index contributed by atoms with van der Waals surface area (Å²) in [5.41, 5.74) is 3.98. The maximum atomic E-state index is 13.0. The fourth-order valence-corrected chi connectivity index (χ4v) is 6.22.